The zero-order valence-electron chi connectivity index (χ0n) is 21.1. The Morgan fingerprint density at radius 2 is 2.00 bits per heavy atom. The number of hydrogen-bond donors (Lipinski definition) is 3. The van der Waals surface area contributed by atoms with Crippen LogP contribution in [0.4, 0.5) is 19.3 Å². The number of ether oxygens (including phenoxy) is 1. The van der Waals surface area contributed by atoms with Gasteiger partial charge in [0, 0.05) is 20.3 Å². The molecule has 2 aromatic heterocycles. The van der Waals surface area contributed by atoms with Gasteiger partial charge >= 0.3 is 6.09 Å². The molecule has 0 spiro atoms. The van der Waals surface area contributed by atoms with E-state index in [4.69, 9.17) is 9.84 Å². The number of carboxylic acid groups (broad SMARTS) is 1. The van der Waals surface area contributed by atoms with Crippen LogP contribution in [0.25, 0.3) is 10.2 Å². The number of likely N-dealkylation sites (N-methyl/N-ethyl adjacent to an activating group) is 1. The average molecular weight is 564 g/mol. The van der Waals surface area contributed by atoms with Crippen LogP contribution in [0.2, 0.25) is 0 Å². The van der Waals surface area contributed by atoms with Crippen LogP contribution in [0, 0.1) is 0 Å². The van der Waals surface area contributed by atoms with Gasteiger partial charge in [-0.1, -0.05) is 12.1 Å². The quantitative estimate of drug-likeness (QED) is 0.287. The zero-order chi connectivity index (χ0) is 28.5. The summed E-state index contributed by atoms with van der Waals surface area (Å²) in [6.45, 7) is -0.715. The summed E-state index contributed by atoms with van der Waals surface area (Å²) in [5.41, 5.74) is -0.0897. The van der Waals surface area contributed by atoms with Crippen molar-refractivity contribution < 1.29 is 33.0 Å². The number of carbonyl (C=O) groups excluding carboxylic acids is 2. The number of nitrogens with zero attached hydrogens (tertiary/aromatic N) is 3. The third kappa shape index (κ3) is 8.33. The second-order valence-corrected chi connectivity index (χ2v) is 9.56. The van der Waals surface area contributed by atoms with Crippen molar-refractivity contribution in [3.05, 3.63) is 64.0 Å². The number of rotatable bonds is 12. The molecule has 1 aromatic carbocycles. The van der Waals surface area contributed by atoms with E-state index in [9.17, 15) is 28.0 Å². The van der Waals surface area contributed by atoms with Crippen LogP contribution >= 0.6 is 11.3 Å². The zero-order valence-corrected chi connectivity index (χ0v) is 21.9. The van der Waals surface area contributed by atoms with E-state index in [0.717, 1.165) is 0 Å². The van der Waals surface area contributed by atoms with Crippen molar-refractivity contribution >= 4 is 45.1 Å². The second kappa shape index (κ2) is 13.5. The molecule has 3 aromatic rings. The number of pyridine rings is 1. The molecular weight excluding hydrogens is 536 g/mol. The van der Waals surface area contributed by atoms with Crippen LogP contribution in [0.15, 0.2) is 53.5 Å². The SMILES string of the molecule is CN(C)C(=O)/C=C/CCC(NC(=O)O)C(=O)Nc1cccn(Cc2nc3cccc(OCC(F)F)c3s2)c1=O. The lowest BCUT2D eigenvalue weighted by Crippen LogP contribution is -2.44. The molecule has 0 aliphatic carbocycles. The maximum Gasteiger partial charge on any atom is 0.405 e. The first-order chi connectivity index (χ1) is 18.5. The minimum absolute atomic E-state index is 0.0394. The molecule has 14 heteroatoms. The van der Waals surface area contributed by atoms with Gasteiger partial charge < -0.3 is 29.9 Å². The highest BCUT2D eigenvalue weighted by Gasteiger charge is 2.21. The Hall–Kier alpha value is -4.33. The van der Waals surface area contributed by atoms with Gasteiger partial charge in [0.25, 0.3) is 12.0 Å². The lowest BCUT2D eigenvalue weighted by atomic mass is 10.1. The van der Waals surface area contributed by atoms with Gasteiger partial charge in [-0.2, -0.15) is 0 Å². The Kier molecular flexibility index (Phi) is 10.1. The van der Waals surface area contributed by atoms with Gasteiger partial charge in [-0.3, -0.25) is 14.4 Å². The first kappa shape index (κ1) is 29.2. The second-order valence-electron chi connectivity index (χ2n) is 8.47. The third-order valence-corrected chi connectivity index (χ3v) is 6.38. The molecule has 0 saturated heterocycles. The Bertz CT molecular complexity index is 1420. The van der Waals surface area contributed by atoms with Crippen LogP contribution in [-0.4, -0.2) is 70.6 Å². The maximum absolute atomic E-state index is 13.0. The third-order valence-electron chi connectivity index (χ3n) is 5.31. The molecule has 0 aliphatic heterocycles. The van der Waals surface area contributed by atoms with Gasteiger partial charge in [-0.05, 0) is 43.2 Å². The Morgan fingerprint density at radius 1 is 1.23 bits per heavy atom. The van der Waals surface area contributed by atoms with Crippen molar-refractivity contribution in [3.8, 4) is 5.75 Å². The number of fused-ring (bicyclic) bond motifs is 1. The molecule has 0 saturated carbocycles. The predicted molar refractivity (Wildman–Crippen MR) is 142 cm³/mol. The van der Waals surface area contributed by atoms with E-state index in [0.29, 0.717) is 15.2 Å². The molecule has 0 bridgehead atoms. The summed E-state index contributed by atoms with van der Waals surface area (Å²) < 4.78 is 32.2. The fourth-order valence-corrected chi connectivity index (χ4v) is 4.47. The predicted octanol–water partition coefficient (Wildman–Crippen LogP) is 3.15. The van der Waals surface area contributed by atoms with Crippen LogP contribution in [0.3, 0.4) is 0 Å². The number of anilines is 1. The van der Waals surface area contributed by atoms with Crippen molar-refractivity contribution in [2.24, 2.45) is 0 Å². The van der Waals surface area contributed by atoms with Gasteiger partial charge in [-0.25, -0.2) is 18.6 Å². The number of benzene rings is 1. The smallest absolute Gasteiger partial charge is 0.405 e. The van der Waals surface area contributed by atoms with E-state index in [-0.39, 0.29) is 36.7 Å². The number of halogens is 2. The number of aromatic nitrogens is 2. The Labute approximate surface area is 225 Å². The van der Waals surface area contributed by atoms with Crippen LogP contribution < -0.4 is 20.9 Å². The number of allylic oxidation sites excluding steroid dienone is 1. The summed E-state index contributed by atoms with van der Waals surface area (Å²) in [4.78, 5) is 54.5. The number of amides is 3. The molecule has 39 heavy (non-hydrogen) atoms. The Morgan fingerprint density at radius 3 is 2.69 bits per heavy atom. The van der Waals surface area contributed by atoms with E-state index in [1.54, 1.807) is 32.3 Å². The fraction of sp³-hybridized carbons (Fsp3) is 0.320. The normalized spacial score (nSPS) is 12.0. The molecule has 1 atom stereocenters. The van der Waals surface area contributed by atoms with Gasteiger partial charge in [0.2, 0.25) is 11.8 Å². The summed E-state index contributed by atoms with van der Waals surface area (Å²) in [5.74, 6) is -0.722. The van der Waals surface area contributed by atoms with Crippen molar-refractivity contribution in [1.29, 1.82) is 0 Å². The minimum atomic E-state index is -2.63. The number of nitrogens with one attached hydrogen (secondary N) is 2. The van der Waals surface area contributed by atoms with E-state index in [2.05, 4.69) is 15.6 Å². The monoisotopic (exact) mass is 563 g/mol. The minimum Gasteiger partial charge on any atom is -0.486 e. The lowest BCUT2D eigenvalue weighted by molar-refractivity contribution is -0.123. The summed E-state index contributed by atoms with van der Waals surface area (Å²) in [6.07, 6.45) is 0.596. The summed E-state index contributed by atoms with van der Waals surface area (Å²) >= 11 is 1.19. The first-order valence-electron chi connectivity index (χ1n) is 11.7. The molecule has 208 valence electrons. The largest absolute Gasteiger partial charge is 0.486 e. The molecule has 3 N–H and O–H groups in total. The maximum atomic E-state index is 13.0. The van der Waals surface area contributed by atoms with Crippen LogP contribution in [0.1, 0.15) is 17.8 Å². The number of thiazole rings is 1. The van der Waals surface area contributed by atoms with E-state index < -0.39 is 36.6 Å². The highest BCUT2D eigenvalue weighted by Crippen LogP contribution is 2.31. The van der Waals surface area contributed by atoms with E-state index >= 15 is 0 Å². The number of alkyl halides is 2. The summed E-state index contributed by atoms with van der Waals surface area (Å²) in [7, 11) is 3.17. The van der Waals surface area contributed by atoms with E-state index in [1.165, 1.54) is 51.3 Å². The molecule has 0 fully saturated rings. The Balaban J connectivity index is 1.73. The van der Waals surface area contributed by atoms with Gasteiger partial charge in [0.15, 0.2) is 0 Å². The fourth-order valence-electron chi connectivity index (χ4n) is 3.44. The molecule has 3 amide bonds. The molecule has 11 nitrogen and oxygen atoms in total. The van der Waals surface area contributed by atoms with Crippen LogP contribution in [0.5, 0.6) is 5.75 Å². The van der Waals surface area contributed by atoms with Crippen molar-refractivity contribution in [1.82, 2.24) is 19.8 Å². The van der Waals surface area contributed by atoms with Gasteiger partial charge in [-0.15, -0.1) is 11.3 Å². The molecule has 1 unspecified atom stereocenters. The lowest BCUT2D eigenvalue weighted by Gasteiger charge is -2.16. The summed E-state index contributed by atoms with van der Waals surface area (Å²) in [5, 5.41) is 14.2. The highest BCUT2D eigenvalue weighted by molar-refractivity contribution is 7.19. The van der Waals surface area contributed by atoms with Crippen molar-refractivity contribution in [2.75, 3.05) is 26.0 Å². The highest BCUT2D eigenvalue weighted by atomic mass is 32.1. The first-order valence-corrected chi connectivity index (χ1v) is 12.5. The van der Waals surface area contributed by atoms with Crippen molar-refractivity contribution in [2.45, 2.75) is 31.9 Å². The van der Waals surface area contributed by atoms with Crippen molar-refractivity contribution in [3.63, 3.8) is 0 Å². The van der Waals surface area contributed by atoms with Gasteiger partial charge in [0.1, 0.15) is 29.1 Å². The molecule has 0 aliphatic rings. The molecule has 2 heterocycles. The number of hydrogen-bond acceptors (Lipinski definition) is 7. The molecule has 0 radical (unpaired) electrons. The molecule has 3 rings (SSSR count). The van der Waals surface area contributed by atoms with E-state index in [1.807, 2.05) is 0 Å². The molecular formula is C25H27F2N5O6S. The standard InChI is InChI=1S/C25H27F2N5O6S/c1-31(2)21(33)11-4-3-7-16(30-25(36)37)23(34)29-17-9-6-12-32(24(17)35)13-20-28-15-8-5-10-18(22(15)39-20)38-14-19(26)27/h4-6,8-12,16,19,30H,3,7,13-14H2,1-2H3,(H,29,34)(H,36,37)/b11-4+. The van der Waals surface area contributed by atoms with Gasteiger partial charge in [0.05, 0.1) is 16.8 Å². The topological polar surface area (TPSA) is 143 Å². The summed E-state index contributed by atoms with van der Waals surface area (Å²) in [6, 6.07) is 6.64. The number of carbonyl (C=O) groups is 3. The average Bonchev–Trinajstić information content (AvgIpc) is 3.29. The van der Waals surface area contributed by atoms with Crippen LogP contribution in [-0.2, 0) is 16.1 Å².